The third-order valence-corrected chi connectivity index (χ3v) is 4.80. The second kappa shape index (κ2) is 9.69. The van der Waals surface area contributed by atoms with E-state index in [2.05, 4.69) is 25.6 Å². The standard InChI is InChI=1S/C25H22N6O2/c1-31(2)25(33)18-8-6-17(7-9-18)19-10-11-23(28-14-19)29-20-13-21(16-26-15-20)30-24(32)22-5-3-4-12-27-22/h3-16H,1-2H3,(H,28,29)(H,30,32). The summed E-state index contributed by atoms with van der Waals surface area (Å²) in [4.78, 5) is 38.6. The minimum atomic E-state index is -0.310. The molecule has 2 N–H and O–H groups in total. The zero-order valence-electron chi connectivity index (χ0n) is 18.2. The van der Waals surface area contributed by atoms with Gasteiger partial charge in [-0.3, -0.25) is 19.6 Å². The molecule has 0 atom stereocenters. The van der Waals surface area contributed by atoms with E-state index in [9.17, 15) is 9.59 Å². The first kappa shape index (κ1) is 21.6. The minimum Gasteiger partial charge on any atom is -0.345 e. The summed E-state index contributed by atoms with van der Waals surface area (Å²) in [6.45, 7) is 0. The molecule has 3 heterocycles. The van der Waals surface area contributed by atoms with Crippen LogP contribution in [-0.4, -0.2) is 45.8 Å². The predicted octanol–water partition coefficient (Wildman–Crippen LogP) is 4.24. The van der Waals surface area contributed by atoms with Crippen LogP contribution in [0.1, 0.15) is 20.8 Å². The highest BCUT2D eigenvalue weighted by Crippen LogP contribution is 2.23. The van der Waals surface area contributed by atoms with E-state index in [1.807, 2.05) is 24.3 Å². The van der Waals surface area contributed by atoms with Crippen molar-refractivity contribution in [2.24, 2.45) is 0 Å². The van der Waals surface area contributed by atoms with Gasteiger partial charge in [-0.2, -0.15) is 0 Å². The van der Waals surface area contributed by atoms with Gasteiger partial charge < -0.3 is 15.5 Å². The van der Waals surface area contributed by atoms with Gasteiger partial charge in [-0.05, 0) is 48.0 Å². The van der Waals surface area contributed by atoms with Crippen molar-refractivity contribution in [2.45, 2.75) is 0 Å². The van der Waals surface area contributed by atoms with E-state index in [1.165, 1.54) is 0 Å². The molecule has 0 radical (unpaired) electrons. The first-order valence-corrected chi connectivity index (χ1v) is 10.2. The van der Waals surface area contributed by atoms with Gasteiger partial charge in [-0.15, -0.1) is 0 Å². The van der Waals surface area contributed by atoms with Crippen molar-refractivity contribution in [3.05, 3.63) is 96.7 Å². The van der Waals surface area contributed by atoms with Crippen LogP contribution in [0.5, 0.6) is 0 Å². The van der Waals surface area contributed by atoms with Crippen LogP contribution < -0.4 is 10.6 Å². The number of aromatic nitrogens is 3. The average molecular weight is 438 g/mol. The minimum absolute atomic E-state index is 0.0358. The quantitative estimate of drug-likeness (QED) is 0.467. The highest BCUT2D eigenvalue weighted by molar-refractivity contribution is 6.03. The van der Waals surface area contributed by atoms with Gasteiger partial charge >= 0.3 is 0 Å². The van der Waals surface area contributed by atoms with Crippen LogP contribution in [0.2, 0.25) is 0 Å². The number of rotatable bonds is 6. The third-order valence-electron chi connectivity index (χ3n) is 4.80. The van der Waals surface area contributed by atoms with Crippen LogP contribution in [0.4, 0.5) is 17.2 Å². The summed E-state index contributed by atoms with van der Waals surface area (Å²) >= 11 is 0. The highest BCUT2D eigenvalue weighted by atomic mass is 16.2. The number of nitrogens with one attached hydrogen (secondary N) is 2. The molecule has 1 aromatic carbocycles. The molecule has 0 saturated carbocycles. The summed E-state index contributed by atoms with van der Waals surface area (Å²) in [5, 5.41) is 5.96. The summed E-state index contributed by atoms with van der Waals surface area (Å²) in [5.41, 5.74) is 4.08. The average Bonchev–Trinajstić information content (AvgIpc) is 2.85. The molecule has 0 aliphatic carbocycles. The molecule has 8 nitrogen and oxygen atoms in total. The highest BCUT2D eigenvalue weighted by Gasteiger charge is 2.09. The number of amides is 2. The SMILES string of the molecule is CN(C)C(=O)c1ccc(-c2ccc(Nc3cncc(NC(=O)c4ccccn4)c3)nc2)cc1. The van der Waals surface area contributed by atoms with Crippen LogP contribution in [-0.2, 0) is 0 Å². The number of nitrogens with zero attached hydrogens (tertiary/aromatic N) is 4. The van der Waals surface area contributed by atoms with E-state index in [-0.39, 0.29) is 11.8 Å². The molecule has 0 aliphatic rings. The maximum Gasteiger partial charge on any atom is 0.274 e. The van der Waals surface area contributed by atoms with E-state index < -0.39 is 0 Å². The van der Waals surface area contributed by atoms with Crippen molar-refractivity contribution in [3.63, 3.8) is 0 Å². The van der Waals surface area contributed by atoms with Gasteiger partial charge in [0.15, 0.2) is 0 Å². The molecular weight excluding hydrogens is 416 g/mol. The van der Waals surface area contributed by atoms with Crippen molar-refractivity contribution in [1.82, 2.24) is 19.9 Å². The molecular formula is C25H22N6O2. The van der Waals surface area contributed by atoms with E-state index in [4.69, 9.17) is 0 Å². The predicted molar refractivity (Wildman–Crippen MR) is 127 cm³/mol. The van der Waals surface area contributed by atoms with Crippen LogP contribution in [0, 0.1) is 0 Å². The molecule has 8 heteroatoms. The molecule has 164 valence electrons. The normalized spacial score (nSPS) is 10.4. The summed E-state index contributed by atoms with van der Waals surface area (Å²) in [6.07, 6.45) is 6.53. The molecule has 0 saturated heterocycles. The van der Waals surface area contributed by atoms with Crippen molar-refractivity contribution in [3.8, 4) is 11.1 Å². The van der Waals surface area contributed by atoms with Crippen LogP contribution in [0.25, 0.3) is 11.1 Å². The summed E-state index contributed by atoms with van der Waals surface area (Å²) in [6, 6.07) is 18.1. The summed E-state index contributed by atoms with van der Waals surface area (Å²) < 4.78 is 0. The molecule has 33 heavy (non-hydrogen) atoms. The maximum atomic E-state index is 12.3. The zero-order chi connectivity index (χ0) is 23.2. The molecule has 3 aromatic heterocycles. The number of carbonyl (C=O) groups excluding carboxylic acids is 2. The molecule has 0 fully saturated rings. The Kier molecular flexibility index (Phi) is 6.36. The largest absolute Gasteiger partial charge is 0.345 e. The van der Waals surface area contributed by atoms with Crippen LogP contribution >= 0.6 is 0 Å². The van der Waals surface area contributed by atoms with Crippen LogP contribution in [0.3, 0.4) is 0 Å². The van der Waals surface area contributed by atoms with Gasteiger partial charge in [0, 0.05) is 37.6 Å². The van der Waals surface area contributed by atoms with Gasteiger partial charge in [0.05, 0.1) is 23.8 Å². The fourth-order valence-electron chi connectivity index (χ4n) is 3.12. The van der Waals surface area contributed by atoms with Gasteiger partial charge in [-0.25, -0.2) is 4.98 Å². The Balaban J connectivity index is 1.42. The van der Waals surface area contributed by atoms with Crippen molar-refractivity contribution < 1.29 is 9.59 Å². The lowest BCUT2D eigenvalue weighted by atomic mass is 10.1. The first-order chi connectivity index (χ1) is 16.0. The number of carbonyl (C=O) groups is 2. The lowest BCUT2D eigenvalue weighted by Crippen LogP contribution is -2.21. The summed E-state index contributed by atoms with van der Waals surface area (Å²) in [5.74, 6) is 0.287. The number of anilines is 3. The second-order valence-corrected chi connectivity index (χ2v) is 7.47. The van der Waals surface area contributed by atoms with Crippen molar-refractivity contribution in [1.29, 1.82) is 0 Å². The number of pyridine rings is 3. The van der Waals surface area contributed by atoms with E-state index in [0.717, 1.165) is 11.1 Å². The Morgan fingerprint density at radius 2 is 1.58 bits per heavy atom. The topological polar surface area (TPSA) is 100 Å². The number of benzene rings is 1. The Morgan fingerprint density at radius 1 is 0.818 bits per heavy atom. The Morgan fingerprint density at radius 3 is 2.24 bits per heavy atom. The fraction of sp³-hybridized carbons (Fsp3) is 0.0800. The van der Waals surface area contributed by atoms with E-state index >= 15 is 0 Å². The lowest BCUT2D eigenvalue weighted by molar-refractivity contribution is 0.0827. The summed E-state index contributed by atoms with van der Waals surface area (Å²) in [7, 11) is 3.46. The monoisotopic (exact) mass is 438 g/mol. The zero-order valence-corrected chi connectivity index (χ0v) is 18.2. The van der Waals surface area contributed by atoms with Gasteiger partial charge in [0.1, 0.15) is 11.5 Å². The first-order valence-electron chi connectivity index (χ1n) is 10.2. The lowest BCUT2D eigenvalue weighted by Gasteiger charge is -2.11. The number of hydrogen-bond acceptors (Lipinski definition) is 6. The Bertz CT molecular complexity index is 1260. The molecule has 0 bridgehead atoms. The molecule has 4 aromatic rings. The molecule has 4 rings (SSSR count). The third kappa shape index (κ3) is 5.37. The molecule has 0 aliphatic heterocycles. The maximum absolute atomic E-state index is 12.3. The Hall–Kier alpha value is -4.59. The van der Waals surface area contributed by atoms with Crippen LogP contribution in [0.15, 0.2) is 85.5 Å². The smallest absolute Gasteiger partial charge is 0.274 e. The number of hydrogen-bond donors (Lipinski definition) is 2. The Labute approximate surface area is 191 Å². The van der Waals surface area contributed by atoms with Crippen molar-refractivity contribution in [2.75, 3.05) is 24.7 Å². The van der Waals surface area contributed by atoms with Gasteiger partial charge in [-0.1, -0.05) is 18.2 Å². The molecule has 0 unspecified atom stereocenters. The van der Waals surface area contributed by atoms with Crippen molar-refractivity contribution >= 4 is 29.0 Å². The van der Waals surface area contributed by atoms with Gasteiger partial charge in [0.25, 0.3) is 11.8 Å². The molecule has 0 spiro atoms. The second-order valence-electron chi connectivity index (χ2n) is 7.47. The fourth-order valence-corrected chi connectivity index (χ4v) is 3.12. The molecule has 2 amide bonds. The van der Waals surface area contributed by atoms with E-state index in [0.29, 0.717) is 28.5 Å². The van der Waals surface area contributed by atoms with Gasteiger partial charge in [0.2, 0.25) is 0 Å². The van der Waals surface area contributed by atoms with E-state index in [1.54, 1.807) is 80.2 Å².